The Morgan fingerprint density at radius 2 is 1.19 bits per heavy atom. The number of likely N-dealkylation sites (tertiary alicyclic amines) is 1. The minimum Gasteiger partial charge on any atom is -0.365 e. The minimum absolute atomic E-state index is 0.0354. The second-order valence-electron chi connectivity index (χ2n) is 7.45. The lowest BCUT2D eigenvalue weighted by molar-refractivity contribution is -0.324. The van der Waals surface area contributed by atoms with Crippen LogP contribution < -0.4 is 0 Å². The van der Waals surface area contributed by atoms with E-state index in [-0.39, 0.29) is 18.7 Å². The van der Waals surface area contributed by atoms with Gasteiger partial charge in [0.1, 0.15) is 12.2 Å². The van der Waals surface area contributed by atoms with Crippen LogP contribution in [-0.4, -0.2) is 72.8 Å². The first-order valence-electron chi connectivity index (χ1n) is 9.02. The Hall–Kier alpha value is -1.06. The van der Waals surface area contributed by atoms with Gasteiger partial charge < -0.3 is 4.74 Å². The Bertz CT molecular complexity index is 609. The Morgan fingerprint density at radius 3 is 1.53 bits per heavy atom. The predicted octanol–water partition coefficient (Wildman–Crippen LogP) is 6.16. The highest BCUT2D eigenvalue weighted by atomic mass is 19.4. The molecule has 1 fully saturated rings. The van der Waals surface area contributed by atoms with Gasteiger partial charge in [0.05, 0.1) is 5.92 Å². The molecule has 1 saturated heterocycles. The van der Waals surface area contributed by atoms with Crippen molar-refractivity contribution in [3.8, 4) is 0 Å². The fourth-order valence-electron chi connectivity index (χ4n) is 3.20. The number of hydrogen-bond donors (Lipinski definition) is 0. The first kappa shape index (κ1) is 29.0. The van der Waals surface area contributed by atoms with Gasteiger partial charge in [-0.05, 0) is 26.7 Å². The normalized spacial score (nSPS) is 24.0. The summed E-state index contributed by atoms with van der Waals surface area (Å²) in [4.78, 5) is 0.0616. The molecular weight excluding hydrogens is 488 g/mol. The maximum absolute atomic E-state index is 14.9. The van der Waals surface area contributed by atoms with E-state index in [2.05, 4.69) is 4.74 Å². The zero-order chi connectivity index (χ0) is 25.5. The molecule has 0 N–H and O–H groups in total. The number of halogens is 14. The molecule has 0 aromatic carbocycles. The highest BCUT2D eigenvalue weighted by Gasteiger charge is 2.69. The lowest BCUT2D eigenvalue weighted by atomic mass is 9.91. The average Bonchev–Trinajstić information content (AvgIpc) is 2.63. The summed E-state index contributed by atoms with van der Waals surface area (Å²) < 4.78 is 189. The third-order valence-electron chi connectivity index (χ3n) is 5.26. The van der Waals surface area contributed by atoms with Gasteiger partial charge >= 0.3 is 24.5 Å². The molecular formula is C16H19F14NO. The first-order valence-corrected chi connectivity index (χ1v) is 9.02. The highest BCUT2D eigenvalue weighted by molar-refractivity contribution is 5.01. The van der Waals surface area contributed by atoms with Crippen LogP contribution in [0.1, 0.15) is 26.7 Å². The molecule has 0 spiro atoms. The smallest absolute Gasteiger partial charge is 0.365 e. The molecule has 0 aliphatic carbocycles. The molecule has 1 aliphatic rings. The molecule has 192 valence electrons. The summed E-state index contributed by atoms with van der Waals surface area (Å²) >= 11 is 0. The van der Waals surface area contributed by atoms with Gasteiger partial charge in [-0.2, -0.15) is 39.5 Å². The molecule has 0 saturated carbocycles. The molecule has 0 amide bonds. The second kappa shape index (κ2) is 9.29. The van der Waals surface area contributed by atoms with Crippen LogP contribution in [0.5, 0.6) is 0 Å². The van der Waals surface area contributed by atoms with Crippen LogP contribution in [-0.2, 0) is 4.74 Å². The third-order valence-corrected chi connectivity index (χ3v) is 5.26. The number of rotatable bonds is 7. The van der Waals surface area contributed by atoms with E-state index in [0.29, 0.717) is 0 Å². The summed E-state index contributed by atoms with van der Waals surface area (Å²) in [5.41, 5.74) is -5.13. The fourth-order valence-corrected chi connectivity index (χ4v) is 3.20. The van der Waals surface area contributed by atoms with Crippen LogP contribution in [0.2, 0.25) is 0 Å². The van der Waals surface area contributed by atoms with Gasteiger partial charge in [0.15, 0.2) is 6.30 Å². The molecule has 1 aliphatic heterocycles. The molecule has 0 bridgehead atoms. The maximum atomic E-state index is 14.9. The lowest BCUT2D eigenvalue weighted by Gasteiger charge is -2.43. The van der Waals surface area contributed by atoms with Crippen molar-refractivity contribution in [2.75, 3.05) is 13.1 Å². The molecule has 32 heavy (non-hydrogen) atoms. The molecule has 5 unspecified atom stereocenters. The van der Waals surface area contributed by atoms with E-state index in [1.54, 1.807) is 0 Å². The molecule has 2 nitrogen and oxygen atoms in total. The first-order chi connectivity index (χ1) is 14.1. The number of ether oxygens (including phenoxy) is 1. The SMILES string of the molecule is CC(OC(C)C(F)(C(F)N1CCC(C(F)(F)F)CC1)C(F)(F)F)C(F)(F)C(F)C(F)(F)F. The molecule has 16 heteroatoms. The fraction of sp³-hybridized carbons (Fsp3) is 1.00. The van der Waals surface area contributed by atoms with Crippen molar-refractivity contribution >= 4 is 0 Å². The van der Waals surface area contributed by atoms with E-state index >= 15 is 0 Å². The van der Waals surface area contributed by atoms with Crippen LogP contribution in [0.25, 0.3) is 0 Å². The standard InChI is InChI=1S/C16H19F14NO/c1-7(32-8(2)13(20,21)10(17)15(25,26)27)12(19,16(28,29)30)11(18)31-5-3-9(4-6-31)14(22,23)24/h7-11H,3-6H2,1-2H3. The lowest BCUT2D eigenvalue weighted by Crippen LogP contribution is -2.64. The van der Waals surface area contributed by atoms with Crippen molar-refractivity contribution in [2.24, 2.45) is 5.92 Å². The number of piperidine rings is 1. The predicted molar refractivity (Wildman–Crippen MR) is 81.0 cm³/mol. The Balaban J connectivity index is 3.09. The zero-order valence-corrected chi connectivity index (χ0v) is 16.4. The molecule has 0 radical (unpaired) electrons. The van der Waals surface area contributed by atoms with Gasteiger partial charge in [0.25, 0.3) is 11.8 Å². The largest absolute Gasteiger partial charge is 0.429 e. The van der Waals surface area contributed by atoms with E-state index in [4.69, 9.17) is 0 Å². The van der Waals surface area contributed by atoms with Gasteiger partial charge in [0, 0.05) is 13.1 Å². The van der Waals surface area contributed by atoms with Crippen molar-refractivity contribution in [1.82, 2.24) is 4.90 Å². The number of alkyl halides is 14. The summed E-state index contributed by atoms with van der Waals surface area (Å²) in [6.45, 7) is -1.83. The Labute approximate surface area is 172 Å². The van der Waals surface area contributed by atoms with Gasteiger partial charge in [-0.3, -0.25) is 4.90 Å². The average molecular weight is 507 g/mol. The third kappa shape index (κ3) is 5.89. The zero-order valence-electron chi connectivity index (χ0n) is 16.4. The van der Waals surface area contributed by atoms with Crippen LogP contribution in [0.15, 0.2) is 0 Å². The summed E-state index contributed by atoms with van der Waals surface area (Å²) in [6, 6.07) is 0. The molecule has 0 aromatic rings. The minimum atomic E-state index is -6.18. The topological polar surface area (TPSA) is 12.5 Å². The molecule has 0 aromatic heterocycles. The van der Waals surface area contributed by atoms with E-state index in [1.165, 1.54) is 0 Å². The van der Waals surface area contributed by atoms with Crippen molar-refractivity contribution in [1.29, 1.82) is 0 Å². The van der Waals surface area contributed by atoms with E-state index in [0.717, 1.165) is 0 Å². The van der Waals surface area contributed by atoms with E-state index < -0.39 is 86.6 Å². The van der Waals surface area contributed by atoms with Crippen LogP contribution in [0, 0.1) is 5.92 Å². The quantitative estimate of drug-likeness (QED) is 0.303. The summed E-state index contributed by atoms with van der Waals surface area (Å²) in [7, 11) is 0. The molecule has 1 rings (SSSR count). The van der Waals surface area contributed by atoms with Gasteiger partial charge in [0.2, 0.25) is 0 Å². The molecule has 1 heterocycles. The van der Waals surface area contributed by atoms with Gasteiger partial charge in [-0.15, -0.1) is 0 Å². The summed E-state index contributed by atoms with van der Waals surface area (Å²) in [5.74, 6) is -7.45. The van der Waals surface area contributed by atoms with Crippen LogP contribution >= 0.6 is 0 Å². The van der Waals surface area contributed by atoms with Gasteiger partial charge in [-0.1, -0.05) is 0 Å². The maximum Gasteiger partial charge on any atom is 0.429 e. The van der Waals surface area contributed by atoms with Crippen molar-refractivity contribution in [2.45, 2.75) is 81.5 Å². The molecule has 5 atom stereocenters. The Kier molecular flexibility index (Phi) is 8.42. The monoisotopic (exact) mass is 507 g/mol. The summed E-state index contributed by atoms with van der Waals surface area (Å²) in [6.07, 6.45) is -33.9. The van der Waals surface area contributed by atoms with Crippen molar-refractivity contribution < 1.29 is 66.2 Å². The van der Waals surface area contributed by atoms with Crippen LogP contribution in [0.4, 0.5) is 61.5 Å². The number of nitrogens with zero attached hydrogens (tertiary/aromatic N) is 1. The van der Waals surface area contributed by atoms with Crippen molar-refractivity contribution in [3.63, 3.8) is 0 Å². The van der Waals surface area contributed by atoms with Crippen LogP contribution in [0.3, 0.4) is 0 Å². The summed E-state index contributed by atoms with van der Waals surface area (Å²) in [5, 5.41) is 0. The Morgan fingerprint density at radius 1 is 0.750 bits per heavy atom. The number of hydrogen-bond acceptors (Lipinski definition) is 2. The van der Waals surface area contributed by atoms with E-state index in [1.807, 2.05) is 0 Å². The highest BCUT2D eigenvalue weighted by Crippen LogP contribution is 2.46. The van der Waals surface area contributed by atoms with Gasteiger partial charge in [-0.25, -0.2) is 22.0 Å². The van der Waals surface area contributed by atoms with E-state index in [9.17, 15) is 61.5 Å². The van der Waals surface area contributed by atoms with Crippen molar-refractivity contribution in [3.05, 3.63) is 0 Å². The second-order valence-corrected chi connectivity index (χ2v) is 7.45.